The van der Waals surface area contributed by atoms with Crippen LogP contribution in [0.5, 0.6) is 0 Å². The molecule has 0 unspecified atom stereocenters. The molecular weight excluding hydrogens is 288 g/mol. The zero-order valence-corrected chi connectivity index (χ0v) is 14.1. The molecule has 8 heteroatoms. The van der Waals surface area contributed by atoms with Gasteiger partial charge in [-0.2, -0.15) is 0 Å². The maximum Gasteiger partial charge on any atom is 0.407 e. The fourth-order valence-electron chi connectivity index (χ4n) is 1.95. The fourth-order valence-corrected chi connectivity index (χ4v) is 1.95. The number of alkyl carbamates (subject to hydrolysis) is 1. The molecule has 0 aliphatic carbocycles. The normalized spacial score (nSPS) is 11.0. The summed E-state index contributed by atoms with van der Waals surface area (Å²) in [7, 11) is 7.74. The molecule has 22 heavy (non-hydrogen) atoms. The van der Waals surface area contributed by atoms with Crippen molar-refractivity contribution in [3.8, 4) is 0 Å². The largest absolute Gasteiger partial charge is 0.465 e. The number of amides is 2. The number of rotatable bonds is 11. The molecule has 0 bridgehead atoms. The van der Waals surface area contributed by atoms with E-state index < -0.39 is 12.2 Å². The number of carboxylic acid groups (broad SMARTS) is 1. The van der Waals surface area contributed by atoms with E-state index in [0.717, 1.165) is 25.7 Å². The van der Waals surface area contributed by atoms with Crippen molar-refractivity contribution in [3.05, 3.63) is 0 Å². The topological polar surface area (TPSA) is 94.1 Å². The van der Waals surface area contributed by atoms with E-state index in [-0.39, 0.29) is 6.17 Å². The average molecular weight is 318 g/mol. The molecule has 0 aromatic carbocycles. The quantitative estimate of drug-likeness (QED) is 0.388. The number of unbranched alkanes of at least 4 members (excludes halogenated alkanes) is 3. The Morgan fingerprint density at radius 2 is 1.45 bits per heavy atom. The summed E-state index contributed by atoms with van der Waals surface area (Å²) >= 11 is 0. The summed E-state index contributed by atoms with van der Waals surface area (Å²) in [6.45, 7) is 1.35. The molecule has 0 aliphatic rings. The third-order valence-corrected chi connectivity index (χ3v) is 3.20. The molecule has 0 saturated carbocycles. The number of carbonyl (C=O) groups excluding carboxylic acids is 1. The Labute approximate surface area is 132 Å². The van der Waals surface area contributed by atoms with Crippen molar-refractivity contribution in [2.75, 3.05) is 47.9 Å². The highest BCUT2D eigenvalue weighted by Crippen LogP contribution is 2.00. The fraction of sp³-hybridized carbons (Fsp3) is 0.857. The third-order valence-electron chi connectivity index (χ3n) is 3.20. The minimum atomic E-state index is -0.988. The molecule has 130 valence electrons. The Hall–Kier alpha value is -1.54. The molecule has 2 amide bonds. The van der Waals surface area contributed by atoms with Crippen molar-refractivity contribution in [3.63, 3.8) is 0 Å². The smallest absolute Gasteiger partial charge is 0.407 e. The van der Waals surface area contributed by atoms with Gasteiger partial charge in [-0.1, -0.05) is 12.8 Å². The van der Waals surface area contributed by atoms with Gasteiger partial charge in [0.25, 0.3) is 0 Å². The predicted octanol–water partition coefficient (Wildman–Crippen LogP) is 0.990. The van der Waals surface area contributed by atoms with E-state index in [4.69, 9.17) is 9.84 Å². The Morgan fingerprint density at radius 3 is 1.91 bits per heavy atom. The maximum atomic E-state index is 11.6. The molecule has 0 fully saturated rings. The molecule has 0 rings (SSSR count). The molecule has 0 spiro atoms. The maximum absolute atomic E-state index is 11.6. The van der Waals surface area contributed by atoms with E-state index in [1.807, 2.05) is 38.0 Å². The van der Waals surface area contributed by atoms with Gasteiger partial charge in [-0.15, -0.1) is 0 Å². The van der Waals surface area contributed by atoms with Gasteiger partial charge in [0.2, 0.25) is 0 Å². The molecule has 0 heterocycles. The van der Waals surface area contributed by atoms with Gasteiger partial charge in [0.05, 0.1) is 6.17 Å². The lowest BCUT2D eigenvalue weighted by molar-refractivity contribution is 0.0471. The van der Waals surface area contributed by atoms with E-state index in [2.05, 4.69) is 10.6 Å². The number of nitrogens with one attached hydrogen (secondary N) is 2. The molecule has 0 aromatic rings. The van der Waals surface area contributed by atoms with Crippen LogP contribution in [0.3, 0.4) is 0 Å². The standard InChI is InChI=1S/C14H30N4O4/c1-17(2)12(18(3)4)11-22-14(21)16-10-8-6-5-7-9-15-13(19)20/h12,15H,5-11H2,1-4H3,(H,16,21)(H,19,20). The lowest BCUT2D eigenvalue weighted by atomic mass is 10.2. The summed E-state index contributed by atoms with van der Waals surface area (Å²) in [6.07, 6.45) is 2.20. The van der Waals surface area contributed by atoms with Crippen LogP contribution in [0.4, 0.5) is 9.59 Å². The van der Waals surface area contributed by atoms with Crippen LogP contribution >= 0.6 is 0 Å². The van der Waals surface area contributed by atoms with Crippen LogP contribution in [-0.2, 0) is 4.74 Å². The van der Waals surface area contributed by atoms with E-state index in [9.17, 15) is 9.59 Å². The minimum absolute atomic E-state index is 0.0486. The molecular formula is C14H30N4O4. The first kappa shape index (κ1) is 20.5. The lowest BCUT2D eigenvalue weighted by Gasteiger charge is -2.29. The van der Waals surface area contributed by atoms with Crippen LogP contribution in [0.2, 0.25) is 0 Å². The van der Waals surface area contributed by atoms with Crippen molar-refractivity contribution in [1.82, 2.24) is 20.4 Å². The number of ether oxygens (including phenoxy) is 1. The Bertz CT molecular complexity index is 316. The summed E-state index contributed by atoms with van der Waals surface area (Å²) in [5.41, 5.74) is 0. The van der Waals surface area contributed by atoms with Gasteiger partial charge < -0.3 is 20.5 Å². The van der Waals surface area contributed by atoms with Gasteiger partial charge in [-0.05, 0) is 41.0 Å². The molecule has 0 aromatic heterocycles. The lowest BCUT2D eigenvalue weighted by Crippen LogP contribution is -2.45. The molecule has 0 saturated heterocycles. The highest BCUT2D eigenvalue weighted by atomic mass is 16.5. The van der Waals surface area contributed by atoms with Crippen LogP contribution in [0.15, 0.2) is 0 Å². The second kappa shape index (κ2) is 12.0. The first-order valence-corrected chi connectivity index (χ1v) is 7.55. The zero-order valence-electron chi connectivity index (χ0n) is 14.1. The minimum Gasteiger partial charge on any atom is -0.465 e. The number of hydrogen-bond donors (Lipinski definition) is 3. The van der Waals surface area contributed by atoms with Crippen LogP contribution in [0.25, 0.3) is 0 Å². The highest BCUT2D eigenvalue weighted by Gasteiger charge is 2.15. The van der Waals surface area contributed by atoms with Crippen LogP contribution in [-0.4, -0.2) is 81.1 Å². The monoisotopic (exact) mass is 318 g/mol. The molecule has 3 N–H and O–H groups in total. The van der Waals surface area contributed by atoms with Gasteiger partial charge >= 0.3 is 12.2 Å². The van der Waals surface area contributed by atoms with E-state index >= 15 is 0 Å². The molecule has 8 nitrogen and oxygen atoms in total. The second-order valence-corrected chi connectivity index (χ2v) is 5.58. The van der Waals surface area contributed by atoms with Gasteiger partial charge in [0.1, 0.15) is 6.61 Å². The summed E-state index contributed by atoms with van der Waals surface area (Å²) in [4.78, 5) is 25.8. The summed E-state index contributed by atoms with van der Waals surface area (Å²) in [5.74, 6) is 0. The Balaban J connectivity index is 3.55. The Kier molecular flexibility index (Phi) is 11.2. The first-order valence-electron chi connectivity index (χ1n) is 7.55. The van der Waals surface area contributed by atoms with Crippen molar-refractivity contribution in [2.45, 2.75) is 31.8 Å². The van der Waals surface area contributed by atoms with Crippen molar-refractivity contribution >= 4 is 12.2 Å². The second-order valence-electron chi connectivity index (χ2n) is 5.58. The number of hydrogen-bond acceptors (Lipinski definition) is 5. The van der Waals surface area contributed by atoms with Crippen LogP contribution < -0.4 is 10.6 Å². The Morgan fingerprint density at radius 1 is 0.955 bits per heavy atom. The molecule has 0 aliphatic heterocycles. The van der Waals surface area contributed by atoms with Gasteiger partial charge in [0, 0.05) is 13.1 Å². The van der Waals surface area contributed by atoms with E-state index in [1.165, 1.54) is 0 Å². The number of carbonyl (C=O) groups is 2. The summed E-state index contributed by atoms with van der Waals surface area (Å²) < 4.78 is 5.19. The number of nitrogens with zero attached hydrogens (tertiary/aromatic N) is 2. The highest BCUT2D eigenvalue weighted by molar-refractivity contribution is 5.67. The van der Waals surface area contributed by atoms with Crippen LogP contribution in [0, 0.1) is 0 Å². The van der Waals surface area contributed by atoms with Crippen molar-refractivity contribution in [1.29, 1.82) is 0 Å². The molecule has 0 radical (unpaired) electrons. The third kappa shape index (κ3) is 11.2. The summed E-state index contributed by atoms with van der Waals surface area (Å²) in [6, 6.07) is 0. The van der Waals surface area contributed by atoms with Crippen molar-refractivity contribution in [2.24, 2.45) is 0 Å². The van der Waals surface area contributed by atoms with E-state index in [0.29, 0.717) is 19.7 Å². The van der Waals surface area contributed by atoms with Gasteiger partial charge in [-0.3, -0.25) is 9.80 Å². The molecule has 0 atom stereocenters. The van der Waals surface area contributed by atoms with Gasteiger partial charge in [-0.25, -0.2) is 9.59 Å². The SMILES string of the molecule is CN(C)C(COC(=O)NCCCCCCNC(=O)O)N(C)C. The average Bonchev–Trinajstić information content (AvgIpc) is 2.40. The van der Waals surface area contributed by atoms with Gasteiger partial charge in [0.15, 0.2) is 0 Å². The first-order chi connectivity index (χ1) is 10.3. The zero-order chi connectivity index (χ0) is 17.0. The van der Waals surface area contributed by atoms with E-state index in [1.54, 1.807) is 0 Å². The van der Waals surface area contributed by atoms with Crippen LogP contribution in [0.1, 0.15) is 25.7 Å². The predicted molar refractivity (Wildman–Crippen MR) is 85.0 cm³/mol. The van der Waals surface area contributed by atoms with Crippen molar-refractivity contribution < 1.29 is 19.4 Å². The summed E-state index contributed by atoms with van der Waals surface area (Å²) in [5, 5.41) is 13.4. The number of likely N-dealkylation sites (N-methyl/N-ethyl adjacent to an activating group) is 2.